The van der Waals surface area contributed by atoms with Gasteiger partial charge in [0, 0.05) is 26.2 Å². The molecular weight excluding hydrogens is 272 g/mol. The van der Waals surface area contributed by atoms with E-state index in [1.54, 1.807) is 47.4 Å². The van der Waals surface area contributed by atoms with Crippen LogP contribution in [0.5, 0.6) is 0 Å². The molecule has 0 saturated carbocycles. The van der Waals surface area contributed by atoms with Crippen molar-refractivity contribution in [2.45, 2.75) is 13.0 Å². The molecule has 110 valence electrons. The van der Waals surface area contributed by atoms with Gasteiger partial charge < -0.3 is 14.6 Å². The Balaban J connectivity index is 1.60. The first-order valence-electron chi connectivity index (χ1n) is 6.72. The molecule has 1 unspecified atom stereocenters. The maximum absolute atomic E-state index is 12.1. The summed E-state index contributed by atoms with van der Waals surface area (Å²) >= 11 is 0. The average Bonchev–Trinajstić information content (AvgIpc) is 3.17. The van der Waals surface area contributed by atoms with E-state index in [0.717, 1.165) is 5.69 Å². The summed E-state index contributed by atoms with van der Waals surface area (Å²) in [5, 5.41) is 6.84. The van der Waals surface area contributed by atoms with Gasteiger partial charge in [-0.25, -0.2) is 0 Å². The van der Waals surface area contributed by atoms with E-state index in [9.17, 15) is 9.59 Å². The minimum Gasteiger partial charge on any atom is -0.467 e. The van der Waals surface area contributed by atoms with Gasteiger partial charge in [-0.15, -0.1) is 0 Å². The zero-order valence-electron chi connectivity index (χ0n) is 11.7. The fourth-order valence-electron chi connectivity index (χ4n) is 2.41. The van der Waals surface area contributed by atoms with Gasteiger partial charge in [0.1, 0.15) is 5.76 Å². The fraction of sp³-hybridized carbons (Fsp3) is 0.357. The molecule has 2 aromatic rings. The lowest BCUT2D eigenvalue weighted by Gasteiger charge is -2.14. The summed E-state index contributed by atoms with van der Waals surface area (Å²) < 4.78 is 6.79. The van der Waals surface area contributed by atoms with E-state index < -0.39 is 0 Å². The number of aryl methyl sites for hydroxylation is 1. The smallest absolute Gasteiger partial charge is 0.227 e. The molecule has 0 radical (unpaired) electrons. The van der Waals surface area contributed by atoms with Gasteiger partial charge in [-0.3, -0.25) is 14.3 Å². The van der Waals surface area contributed by atoms with Crippen LogP contribution in [-0.4, -0.2) is 28.1 Å². The molecule has 1 N–H and O–H groups in total. The lowest BCUT2D eigenvalue weighted by atomic mass is 10.1. The number of amides is 2. The van der Waals surface area contributed by atoms with Crippen LogP contribution in [0.2, 0.25) is 0 Å². The van der Waals surface area contributed by atoms with Crippen molar-refractivity contribution in [3.8, 4) is 0 Å². The molecule has 7 nitrogen and oxygen atoms in total. The Morgan fingerprint density at radius 3 is 3.10 bits per heavy atom. The van der Waals surface area contributed by atoms with E-state index in [1.165, 1.54) is 0 Å². The molecule has 0 aromatic carbocycles. The van der Waals surface area contributed by atoms with Gasteiger partial charge in [0.2, 0.25) is 11.8 Å². The number of nitrogens with one attached hydrogen (secondary N) is 1. The van der Waals surface area contributed by atoms with Crippen molar-refractivity contribution < 1.29 is 14.0 Å². The number of furan rings is 1. The Morgan fingerprint density at radius 1 is 1.57 bits per heavy atom. The van der Waals surface area contributed by atoms with Crippen LogP contribution >= 0.6 is 0 Å². The molecule has 1 atom stereocenters. The molecule has 2 aromatic heterocycles. The Kier molecular flexibility index (Phi) is 3.47. The number of rotatable bonds is 4. The third kappa shape index (κ3) is 2.81. The van der Waals surface area contributed by atoms with Crippen molar-refractivity contribution in [1.82, 2.24) is 15.1 Å². The highest BCUT2D eigenvalue weighted by Gasteiger charge is 2.35. The van der Waals surface area contributed by atoms with Crippen LogP contribution in [0.1, 0.15) is 12.2 Å². The number of aromatic nitrogens is 2. The first-order valence-corrected chi connectivity index (χ1v) is 6.72. The monoisotopic (exact) mass is 288 g/mol. The lowest BCUT2D eigenvalue weighted by Crippen LogP contribution is -2.32. The van der Waals surface area contributed by atoms with Crippen molar-refractivity contribution in [2.24, 2.45) is 13.0 Å². The Hall–Kier alpha value is -2.57. The van der Waals surface area contributed by atoms with E-state index in [2.05, 4.69) is 10.4 Å². The normalized spacial score (nSPS) is 18.2. The van der Waals surface area contributed by atoms with Crippen molar-refractivity contribution >= 4 is 17.5 Å². The number of anilines is 1. The van der Waals surface area contributed by atoms with Gasteiger partial charge in [-0.2, -0.15) is 5.10 Å². The summed E-state index contributed by atoms with van der Waals surface area (Å²) in [5.41, 5.74) is 0.726. The number of carbonyl (C=O) groups excluding carboxylic acids is 2. The molecule has 0 spiro atoms. The second-order valence-corrected chi connectivity index (χ2v) is 5.07. The Morgan fingerprint density at radius 2 is 2.43 bits per heavy atom. The summed E-state index contributed by atoms with van der Waals surface area (Å²) in [7, 11) is 1.79. The zero-order valence-corrected chi connectivity index (χ0v) is 11.7. The molecule has 1 aliphatic heterocycles. The number of hydrogen-bond acceptors (Lipinski definition) is 4. The SMILES string of the molecule is Cn1cc(N2CC(C(=O)NCc3ccco3)CC2=O)cn1. The molecule has 1 saturated heterocycles. The first kappa shape index (κ1) is 13.4. The predicted molar refractivity (Wildman–Crippen MR) is 74.2 cm³/mol. The average molecular weight is 288 g/mol. The molecular formula is C14H16N4O3. The minimum absolute atomic E-state index is 0.0545. The van der Waals surface area contributed by atoms with E-state index in [4.69, 9.17) is 4.42 Å². The molecule has 0 aliphatic carbocycles. The summed E-state index contributed by atoms with van der Waals surface area (Å²) in [5.74, 6) is 0.164. The highest BCUT2D eigenvalue weighted by atomic mass is 16.3. The van der Waals surface area contributed by atoms with Crippen LogP contribution in [0.25, 0.3) is 0 Å². The van der Waals surface area contributed by atoms with E-state index in [0.29, 0.717) is 18.8 Å². The second kappa shape index (κ2) is 5.43. The van der Waals surface area contributed by atoms with Crippen molar-refractivity contribution in [3.63, 3.8) is 0 Å². The van der Waals surface area contributed by atoms with Gasteiger partial charge >= 0.3 is 0 Å². The highest BCUT2D eigenvalue weighted by molar-refractivity contribution is 6.00. The standard InChI is InChI=1S/C14H16N4O3/c1-17-9-11(6-16-17)18-8-10(5-13(18)19)14(20)15-7-12-3-2-4-21-12/h2-4,6,9-10H,5,7-8H2,1H3,(H,15,20). The van der Waals surface area contributed by atoms with E-state index >= 15 is 0 Å². The third-order valence-electron chi connectivity index (χ3n) is 3.52. The second-order valence-electron chi connectivity index (χ2n) is 5.07. The number of carbonyl (C=O) groups is 2. The molecule has 1 aliphatic rings. The predicted octanol–water partition coefficient (Wildman–Crippen LogP) is 0.682. The zero-order chi connectivity index (χ0) is 14.8. The summed E-state index contributed by atoms with van der Waals surface area (Å²) in [6.07, 6.45) is 5.17. The maximum Gasteiger partial charge on any atom is 0.227 e. The number of nitrogens with zero attached hydrogens (tertiary/aromatic N) is 3. The summed E-state index contributed by atoms with van der Waals surface area (Å²) in [6, 6.07) is 3.56. The molecule has 3 rings (SSSR count). The largest absolute Gasteiger partial charge is 0.467 e. The van der Waals surface area contributed by atoms with Crippen LogP contribution in [0.15, 0.2) is 35.2 Å². The van der Waals surface area contributed by atoms with Crippen LogP contribution in [0, 0.1) is 5.92 Å². The fourth-order valence-corrected chi connectivity index (χ4v) is 2.41. The lowest BCUT2D eigenvalue weighted by molar-refractivity contribution is -0.126. The van der Waals surface area contributed by atoms with E-state index in [-0.39, 0.29) is 24.2 Å². The molecule has 7 heteroatoms. The summed E-state index contributed by atoms with van der Waals surface area (Å²) in [4.78, 5) is 25.7. The minimum atomic E-state index is -0.340. The van der Waals surface area contributed by atoms with Crippen molar-refractivity contribution in [3.05, 3.63) is 36.5 Å². The third-order valence-corrected chi connectivity index (χ3v) is 3.52. The highest BCUT2D eigenvalue weighted by Crippen LogP contribution is 2.24. The van der Waals surface area contributed by atoms with Crippen LogP contribution in [0.3, 0.4) is 0 Å². The maximum atomic E-state index is 12.1. The van der Waals surface area contributed by atoms with Crippen LogP contribution < -0.4 is 10.2 Å². The molecule has 1 fully saturated rings. The summed E-state index contributed by atoms with van der Waals surface area (Å²) in [6.45, 7) is 0.720. The van der Waals surface area contributed by atoms with Gasteiger partial charge in [-0.05, 0) is 12.1 Å². The van der Waals surface area contributed by atoms with Gasteiger partial charge in [0.05, 0.1) is 30.6 Å². The van der Waals surface area contributed by atoms with Crippen molar-refractivity contribution in [1.29, 1.82) is 0 Å². The quantitative estimate of drug-likeness (QED) is 0.897. The van der Waals surface area contributed by atoms with Crippen LogP contribution in [0.4, 0.5) is 5.69 Å². The molecule has 21 heavy (non-hydrogen) atoms. The topological polar surface area (TPSA) is 80.4 Å². The number of hydrogen-bond donors (Lipinski definition) is 1. The Labute approximate surface area is 121 Å². The van der Waals surface area contributed by atoms with Crippen molar-refractivity contribution in [2.75, 3.05) is 11.4 Å². The molecule has 2 amide bonds. The first-order chi connectivity index (χ1) is 10.1. The van der Waals surface area contributed by atoms with Gasteiger partial charge in [0.15, 0.2) is 0 Å². The van der Waals surface area contributed by atoms with Gasteiger partial charge in [0.25, 0.3) is 0 Å². The molecule has 0 bridgehead atoms. The van der Waals surface area contributed by atoms with Gasteiger partial charge in [-0.1, -0.05) is 0 Å². The van der Waals surface area contributed by atoms with E-state index in [1.807, 2.05) is 0 Å². The molecule has 3 heterocycles. The Bertz CT molecular complexity index is 647. The van der Waals surface area contributed by atoms with Crippen LogP contribution in [-0.2, 0) is 23.2 Å².